The van der Waals surface area contributed by atoms with Crippen molar-refractivity contribution in [2.24, 2.45) is 5.10 Å². The number of hydrogen-bond acceptors (Lipinski definition) is 8. The van der Waals surface area contributed by atoms with Crippen molar-refractivity contribution in [1.82, 2.24) is 10.7 Å². The van der Waals surface area contributed by atoms with Gasteiger partial charge >= 0.3 is 0 Å². The third-order valence-electron chi connectivity index (χ3n) is 6.26. The van der Waals surface area contributed by atoms with Crippen LogP contribution in [-0.4, -0.2) is 65.5 Å². The topological polar surface area (TPSA) is 136 Å². The van der Waals surface area contributed by atoms with Gasteiger partial charge < -0.3 is 19.5 Å². The number of carbonyl (C=O) groups is 2. The lowest BCUT2D eigenvalue weighted by Crippen LogP contribution is -2.39. The van der Waals surface area contributed by atoms with Gasteiger partial charge in [0.25, 0.3) is 21.8 Å². The highest BCUT2D eigenvalue weighted by Crippen LogP contribution is 2.25. The molecule has 1 aliphatic rings. The summed E-state index contributed by atoms with van der Waals surface area (Å²) in [6, 6.07) is 21.1. The average molecular weight is 595 g/mol. The van der Waals surface area contributed by atoms with Crippen LogP contribution in [0.25, 0.3) is 0 Å². The number of hydrazone groups is 1. The molecule has 3 aromatic rings. The van der Waals surface area contributed by atoms with Crippen molar-refractivity contribution in [3.8, 4) is 11.5 Å². The molecule has 1 atom stereocenters. The normalized spacial score (nSPS) is 14.8. The second-order valence-electron chi connectivity index (χ2n) is 9.34. The molecule has 2 amide bonds. The molecule has 0 saturated carbocycles. The summed E-state index contributed by atoms with van der Waals surface area (Å²) in [6.45, 7) is 2.91. The Kier molecular flexibility index (Phi) is 10.9. The van der Waals surface area contributed by atoms with Gasteiger partial charge in [-0.3, -0.25) is 13.9 Å². The van der Waals surface area contributed by atoms with Crippen LogP contribution in [0.5, 0.6) is 11.5 Å². The van der Waals surface area contributed by atoms with Crippen molar-refractivity contribution >= 4 is 33.7 Å². The second-order valence-corrected chi connectivity index (χ2v) is 11.2. The van der Waals surface area contributed by atoms with Crippen LogP contribution in [0, 0.1) is 0 Å². The molecular formula is C30H34N4O7S. The maximum atomic E-state index is 13.4. The Morgan fingerprint density at radius 2 is 1.67 bits per heavy atom. The van der Waals surface area contributed by atoms with E-state index in [9.17, 15) is 18.0 Å². The molecule has 0 aromatic heterocycles. The Bertz CT molecular complexity index is 1440. The molecule has 0 spiro atoms. The monoisotopic (exact) mass is 594 g/mol. The molecule has 0 radical (unpaired) electrons. The standard InChI is InChI=1S/C30H34N4O7S/c1-2-39-25-16-12-24(13-17-25)34(42(37,38)28-8-4-3-5-9-28)21-29(35)33-32-19-23-10-14-26(15-11-23)41-22-30(36)31-20-27-7-6-18-40-27/h3-5,8-17,19,27H,2,6-7,18,20-22H2,1H3,(H,31,36)(H,33,35)/b32-19-/t27-/m0/s1. The van der Waals surface area contributed by atoms with E-state index in [1.54, 1.807) is 66.7 Å². The first kappa shape index (κ1) is 30.5. The van der Waals surface area contributed by atoms with Crippen molar-refractivity contribution in [2.45, 2.75) is 30.8 Å². The summed E-state index contributed by atoms with van der Waals surface area (Å²) in [5.41, 5.74) is 3.35. The Morgan fingerprint density at radius 1 is 0.976 bits per heavy atom. The molecule has 1 saturated heterocycles. The van der Waals surface area contributed by atoms with Gasteiger partial charge in [0, 0.05) is 13.2 Å². The zero-order valence-electron chi connectivity index (χ0n) is 23.3. The third-order valence-corrected chi connectivity index (χ3v) is 8.05. The maximum absolute atomic E-state index is 13.4. The molecule has 1 heterocycles. The van der Waals surface area contributed by atoms with Gasteiger partial charge in [0.05, 0.1) is 29.5 Å². The lowest BCUT2D eigenvalue weighted by molar-refractivity contribution is -0.123. The molecule has 42 heavy (non-hydrogen) atoms. The summed E-state index contributed by atoms with van der Waals surface area (Å²) < 4.78 is 44.3. The molecule has 12 heteroatoms. The van der Waals surface area contributed by atoms with Crippen LogP contribution in [0.4, 0.5) is 5.69 Å². The summed E-state index contributed by atoms with van der Waals surface area (Å²) in [5, 5.41) is 6.76. The highest BCUT2D eigenvalue weighted by Gasteiger charge is 2.27. The largest absolute Gasteiger partial charge is 0.494 e. The van der Waals surface area contributed by atoms with E-state index < -0.39 is 22.5 Å². The van der Waals surface area contributed by atoms with Crippen LogP contribution in [0.15, 0.2) is 88.9 Å². The fraction of sp³-hybridized carbons (Fsp3) is 0.300. The molecule has 222 valence electrons. The average Bonchev–Trinajstić information content (AvgIpc) is 3.53. The van der Waals surface area contributed by atoms with Gasteiger partial charge in [0.15, 0.2) is 6.61 Å². The van der Waals surface area contributed by atoms with E-state index in [4.69, 9.17) is 14.2 Å². The second kappa shape index (κ2) is 15.0. The summed E-state index contributed by atoms with van der Waals surface area (Å²) in [7, 11) is -4.04. The minimum Gasteiger partial charge on any atom is -0.494 e. The van der Waals surface area contributed by atoms with E-state index in [0.29, 0.717) is 35.9 Å². The quantitative estimate of drug-likeness (QED) is 0.216. The predicted molar refractivity (Wildman–Crippen MR) is 158 cm³/mol. The highest BCUT2D eigenvalue weighted by molar-refractivity contribution is 7.92. The first-order valence-corrected chi connectivity index (χ1v) is 15.0. The number of anilines is 1. The van der Waals surface area contributed by atoms with E-state index in [1.165, 1.54) is 18.3 Å². The van der Waals surface area contributed by atoms with Gasteiger partial charge in [-0.2, -0.15) is 5.10 Å². The van der Waals surface area contributed by atoms with E-state index in [0.717, 1.165) is 23.8 Å². The number of carbonyl (C=O) groups excluding carboxylic acids is 2. The molecule has 0 aliphatic carbocycles. The smallest absolute Gasteiger partial charge is 0.264 e. The lowest BCUT2D eigenvalue weighted by Gasteiger charge is -2.24. The molecular weight excluding hydrogens is 560 g/mol. The Morgan fingerprint density at radius 3 is 2.33 bits per heavy atom. The molecule has 3 aromatic carbocycles. The lowest BCUT2D eigenvalue weighted by atomic mass is 10.2. The first-order chi connectivity index (χ1) is 20.3. The van der Waals surface area contributed by atoms with Crippen LogP contribution < -0.4 is 24.5 Å². The zero-order chi connectivity index (χ0) is 29.8. The Balaban J connectivity index is 1.32. The van der Waals surface area contributed by atoms with E-state index >= 15 is 0 Å². The predicted octanol–water partition coefficient (Wildman–Crippen LogP) is 3.10. The fourth-order valence-corrected chi connectivity index (χ4v) is 5.58. The number of sulfonamides is 1. The van der Waals surface area contributed by atoms with E-state index in [1.807, 2.05) is 6.92 Å². The number of nitrogens with zero attached hydrogens (tertiary/aromatic N) is 2. The Labute approximate surface area is 245 Å². The van der Waals surface area contributed by atoms with E-state index in [2.05, 4.69) is 15.8 Å². The van der Waals surface area contributed by atoms with Crippen molar-refractivity contribution < 1.29 is 32.2 Å². The molecule has 0 unspecified atom stereocenters. The third kappa shape index (κ3) is 8.79. The summed E-state index contributed by atoms with van der Waals surface area (Å²) >= 11 is 0. The molecule has 0 bridgehead atoms. The summed E-state index contributed by atoms with van der Waals surface area (Å²) in [6.07, 6.45) is 3.44. The minimum absolute atomic E-state index is 0.0535. The maximum Gasteiger partial charge on any atom is 0.264 e. The van der Waals surface area contributed by atoms with Gasteiger partial charge in [-0.15, -0.1) is 0 Å². The number of hydrogen-bond donors (Lipinski definition) is 2. The van der Waals surface area contributed by atoms with Crippen LogP contribution in [0.1, 0.15) is 25.3 Å². The van der Waals surface area contributed by atoms with Gasteiger partial charge in [0.2, 0.25) is 0 Å². The SMILES string of the molecule is CCOc1ccc(N(CC(=O)N/N=C\c2ccc(OCC(=O)NC[C@@H]3CCCO3)cc2)S(=O)(=O)c2ccccc2)cc1. The number of ether oxygens (including phenoxy) is 3. The molecule has 2 N–H and O–H groups in total. The van der Waals surface area contributed by atoms with Crippen molar-refractivity contribution in [1.29, 1.82) is 0 Å². The zero-order valence-corrected chi connectivity index (χ0v) is 24.1. The van der Waals surface area contributed by atoms with Crippen molar-refractivity contribution in [2.75, 3.05) is 37.2 Å². The van der Waals surface area contributed by atoms with Gasteiger partial charge in [0.1, 0.15) is 18.0 Å². The Hall–Kier alpha value is -4.42. The molecule has 1 aliphatic heterocycles. The van der Waals surface area contributed by atoms with Crippen molar-refractivity contribution in [3.05, 3.63) is 84.4 Å². The number of benzene rings is 3. The molecule has 11 nitrogen and oxygen atoms in total. The first-order valence-electron chi connectivity index (χ1n) is 13.6. The van der Waals surface area contributed by atoms with Gasteiger partial charge in [-0.25, -0.2) is 13.8 Å². The van der Waals surface area contributed by atoms with Gasteiger partial charge in [-0.05, 0) is 86.0 Å². The van der Waals surface area contributed by atoms with Crippen LogP contribution in [0.3, 0.4) is 0 Å². The fourth-order valence-electron chi connectivity index (χ4n) is 4.14. The number of nitrogens with one attached hydrogen (secondary N) is 2. The van der Waals surface area contributed by atoms with Crippen LogP contribution >= 0.6 is 0 Å². The number of rotatable bonds is 14. The van der Waals surface area contributed by atoms with Crippen molar-refractivity contribution in [3.63, 3.8) is 0 Å². The van der Waals surface area contributed by atoms with Gasteiger partial charge in [-0.1, -0.05) is 18.2 Å². The summed E-state index contributed by atoms with van der Waals surface area (Å²) in [5.74, 6) is 0.225. The highest BCUT2D eigenvalue weighted by atomic mass is 32.2. The minimum atomic E-state index is -4.04. The van der Waals surface area contributed by atoms with Crippen LogP contribution in [-0.2, 0) is 24.3 Å². The summed E-state index contributed by atoms with van der Waals surface area (Å²) in [4.78, 5) is 24.8. The molecule has 4 rings (SSSR count). The van der Waals surface area contributed by atoms with Crippen LogP contribution in [0.2, 0.25) is 0 Å². The molecule has 1 fully saturated rings. The number of amides is 2. The van der Waals surface area contributed by atoms with E-state index in [-0.39, 0.29) is 23.5 Å².